The number of hydrogen-bond donors (Lipinski definition) is 0. The van der Waals surface area contributed by atoms with Gasteiger partial charge in [-0.2, -0.15) is 0 Å². The van der Waals surface area contributed by atoms with E-state index in [1.807, 2.05) is 0 Å². The maximum atomic E-state index is 2.26. The summed E-state index contributed by atoms with van der Waals surface area (Å²) in [6, 6.07) is 0. The Morgan fingerprint density at radius 1 is 1.43 bits per heavy atom. The van der Waals surface area contributed by atoms with Gasteiger partial charge in [0.2, 0.25) is 0 Å². The SMILES string of the molecule is CC/C=C/PCC. The molecule has 0 spiro atoms. The van der Waals surface area contributed by atoms with E-state index < -0.39 is 0 Å². The van der Waals surface area contributed by atoms with E-state index in [2.05, 4.69) is 25.7 Å². The molecule has 7 heavy (non-hydrogen) atoms. The lowest BCUT2D eigenvalue weighted by Gasteiger charge is -1.80. The number of allylic oxidation sites excluding steroid dienone is 1. The van der Waals surface area contributed by atoms with E-state index in [9.17, 15) is 0 Å². The quantitative estimate of drug-likeness (QED) is 0.497. The second kappa shape index (κ2) is 6.17. The summed E-state index contributed by atoms with van der Waals surface area (Å²) in [5, 5.41) is 0. The number of hydrogen-bond acceptors (Lipinski definition) is 0. The molecule has 0 fully saturated rings. The van der Waals surface area contributed by atoms with Gasteiger partial charge in [0.05, 0.1) is 0 Å². The van der Waals surface area contributed by atoms with Gasteiger partial charge in [0.15, 0.2) is 0 Å². The summed E-state index contributed by atoms with van der Waals surface area (Å²) < 4.78 is 0. The Balaban J connectivity index is 2.78. The lowest BCUT2D eigenvalue weighted by molar-refractivity contribution is 1.23. The molecule has 0 amide bonds. The number of rotatable bonds is 3. The molecule has 0 heterocycles. The standard InChI is InChI=1S/C6H13P/c1-3-5-6-7-4-2/h5-7H,3-4H2,1-2H3/b6-5+. The Morgan fingerprint density at radius 3 is 2.57 bits per heavy atom. The molecule has 1 unspecified atom stereocenters. The van der Waals surface area contributed by atoms with Crippen molar-refractivity contribution in [1.29, 1.82) is 0 Å². The fourth-order valence-electron chi connectivity index (χ4n) is 0.319. The van der Waals surface area contributed by atoms with Gasteiger partial charge in [-0.1, -0.05) is 34.3 Å². The second-order valence-corrected chi connectivity index (χ2v) is 2.82. The monoisotopic (exact) mass is 116 g/mol. The summed E-state index contributed by atoms with van der Waals surface area (Å²) >= 11 is 0. The summed E-state index contributed by atoms with van der Waals surface area (Å²) in [5.41, 5.74) is 0. The van der Waals surface area contributed by atoms with Gasteiger partial charge in [-0.3, -0.25) is 0 Å². The molecular formula is C6H13P. The van der Waals surface area contributed by atoms with Crippen LogP contribution in [-0.2, 0) is 0 Å². The largest absolute Gasteiger partial charge is 0.0990 e. The fraction of sp³-hybridized carbons (Fsp3) is 0.667. The molecule has 42 valence electrons. The zero-order chi connectivity index (χ0) is 5.54. The van der Waals surface area contributed by atoms with Crippen molar-refractivity contribution in [1.82, 2.24) is 0 Å². The van der Waals surface area contributed by atoms with Crippen LogP contribution in [0.3, 0.4) is 0 Å². The van der Waals surface area contributed by atoms with Crippen LogP contribution < -0.4 is 0 Å². The van der Waals surface area contributed by atoms with Crippen molar-refractivity contribution in [3.63, 3.8) is 0 Å². The van der Waals surface area contributed by atoms with Gasteiger partial charge < -0.3 is 0 Å². The summed E-state index contributed by atoms with van der Waals surface area (Å²) in [5.74, 6) is 2.26. The van der Waals surface area contributed by atoms with Crippen molar-refractivity contribution in [3.05, 3.63) is 11.9 Å². The van der Waals surface area contributed by atoms with Crippen LogP contribution in [0.5, 0.6) is 0 Å². The van der Waals surface area contributed by atoms with Gasteiger partial charge in [0.1, 0.15) is 0 Å². The van der Waals surface area contributed by atoms with Crippen LogP contribution in [0.25, 0.3) is 0 Å². The molecule has 0 aliphatic heterocycles. The van der Waals surface area contributed by atoms with E-state index in [4.69, 9.17) is 0 Å². The average molecular weight is 116 g/mol. The van der Waals surface area contributed by atoms with Gasteiger partial charge in [-0.25, -0.2) is 0 Å². The molecule has 0 aromatic carbocycles. The molecule has 0 aliphatic carbocycles. The molecule has 0 aromatic rings. The highest BCUT2D eigenvalue weighted by atomic mass is 31.1. The Bertz CT molecular complexity index is 48.1. The first-order chi connectivity index (χ1) is 3.41. The van der Waals surface area contributed by atoms with Crippen molar-refractivity contribution in [3.8, 4) is 0 Å². The summed E-state index contributed by atoms with van der Waals surface area (Å²) in [6.45, 7) is 4.37. The Labute approximate surface area is 47.8 Å². The van der Waals surface area contributed by atoms with Crippen LogP contribution >= 0.6 is 8.58 Å². The van der Waals surface area contributed by atoms with Crippen molar-refractivity contribution in [2.24, 2.45) is 0 Å². The van der Waals surface area contributed by atoms with Crippen LogP contribution in [-0.4, -0.2) is 6.16 Å². The predicted molar refractivity (Wildman–Crippen MR) is 38.3 cm³/mol. The zero-order valence-corrected chi connectivity index (χ0v) is 6.07. The maximum absolute atomic E-state index is 2.26. The smallest absolute Gasteiger partial charge is 0.0347 e. The molecule has 1 heteroatoms. The first-order valence-corrected chi connectivity index (χ1v) is 4.08. The van der Waals surface area contributed by atoms with Crippen molar-refractivity contribution in [2.75, 3.05) is 6.16 Å². The van der Waals surface area contributed by atoms with Crippen LogP contribution in [0, 0.1) is 0 Å². The van der Waals surface area contributed by atoms with E-state index in [0.29, 0.717) is 0 Å². The molecule has 0 aliphatic rings. The van der Waals surface area contributed by atoms with E-state index >= 15 is 0 Å². The molecule has 0 rings (SSSR count). The molecule has 0 nitrogen and oxygen atoms in total. The van der Waals surface area contributed by atoms with Crippen LogP contribution in [0.4, 0.5) is 0 Å². The lowest BCUT2D eigenvalue weighted by Crippen LogP contribution is -1.52. The van der Waals surface area contributed by atoms with Gasteiger partial charge in [-0.05, 0) is 12.6 Å². The Hall–Kier alpha value is 0.170. The minimum absolute atomic E-state index is 1.04. The fourth-order valence-corrected chi connectivity index (χ4v) is 0.957. The molecule has 0 radical (unpaired) electrons. The van der Waals surface area contributed by atoms with Gasteiger partial charge in [-0.15, -0.1) is 0 Å². The van der Waals surface area contributed by atoms with Gasteiger partial charge in [0.25, 0.3) is 0 Å². The van der Waals surface area contributed by atoms with E-state index in [-0.39, 0.29) is 0 Å². The van der Waals surface area contributed by atoms with Crippen LogP contribution in [0.1, 0.15) is 20.3 Å². The third-order valence-electron chi connectivity index (χ3n) is 0.676. The van der Waals surface area contributed by atoms with Crippen LogP contribution in [0.15, 0.2) is 11.9 Å². The minimum atomic E-state index is 1.04. The Kier molecular flexibility index (Phi) is 6.32. The third kappa shape index (κ3) is 6.17. The van der Waals surface area contributed by atoms with Crippen molar-refractivity contribution >= 4 is 8.58 Å². The maximum Gasteiger partial charge on any atom is -0.0347 e. The summed E-state index contributed by atoms with van der Waals surface area (Å²) in [7, 11) is 1.04. The summed E-state index contributed by atoms with van der Waals surface area (Å²) in [4.78, 5) is 0. The topological polar surface area (TPSA) is 0 Å². The zero-order valence-electron chi connectivity index (χ0n) is 5.07. The van der Waals surface area contributed by atoms with Crippen molar-refractivity contribution in [2.45, 2.75) is 20.3 Å². The lowest BCUT2D eigenvalue weighted by atomic mass is 10.5. The highest BCUT2D eigenvalue weighted by Gasteiger charge is 1.67. The normalized spacial score (nSPS) is 12.3. The van der Waals surface area contributed by atoms with E-state index in [0.717, 1.165) is 8.58 Å². The van der Waals surface area contributed by atoms with E-state index in [1.165, 1.54) is 12.6 Å². The predicted octanol–water partition coefficient (Wildman–Crippen LogP) is 2.61. The average Bonchev–Trinajstić information content (AvgIpc) is 1.69. The summed E-state index contributed by atoms with van der Waals surface area (Å²) in [6.07, 6.45) is 4.71. The Morgan fingerprint density at radius 2 is 2.14 bits per heavy atom. The third-order valence-corrected chi connectivity index (χ3v) is 1.56. The van der Waals surface area contributed by atoms with Crippen molar-refractivity contribution < 1.29 is 0 Å². The van der Waals surface area contributed by atoms with Crippen LogP contribution in [0.2, 0.25) is 0 Å². The first-order valence-electron chi connectivity index (χ1n) is 2.80. The van der Waals surface area contributed by atoms with Gasteiger partial charge >= 0.3 is 0 Å². The second-order valence-electron chi connectivity index (χ2n) is 1.37. The first kappa shape index (κ1) is 7.17. The molecule has 0 saturated carbocycles. The molecule has 0 aromatic heterocycles. The molecular weight excluding hydrogens is 103 g/mol. The molecule has 0 saturated heterocycles. The molecule has 0 bridgehead atoms. The highest BCUT2D eigenvalue weighted by Crippen LogP contribution is 2.09. The molecule has 0 N–H and O–H groups in total. The van der Waals surface area contributed by atoms with E-state index in [1.54, 1.807) is 0 Å². The highest BCUT2D eigenvalue weighted by molar-refractivity contribution is 7.41. The minimum Gasteiger partial charge on any atom is -0.0990 e. The van der Waals surface area contributed by atoms with Gasteiger partial charge in [0, 0.05) is 0 Å². The molecule has 1 atom stereocenters.